The van der Waals surface area contributed by atoms with E-state index in [2.05, 4.69) is 22.4 Å². The summed E-state index contributed by atoms with van der Waals surface area (Å²) >= 11 is 1.28. The van der Waals surface area contributed by atoms with Gasteiger partial charge in [-0.25, -0.2) is 0 Å². The van der Waals surface area contributed by atoms with E-state index in [9.17, 15) is 14.9 Å². The maximum absolute atomic E-state index is 12.5. The zero-order valence-corrected chi connectivity index (χ0v) is 19.0. The first-order chi connectivity index (χ1) is 15.4. The molecule has 0 aliphatic heterocycles. The fourth-order valence-electron chi connectivity index (χ4n) is 3.08. The molecule has 0 bridgehead atoms. The minimum Gasteiger partial charge on any atom is -0.497 e. The number of methoxy groups -OCH3 is 1. The molecule has 1 heterocycles. The van der Waals surface area contributed by atoms with Crippen LogP contribution in [0.2, 0.25) is 0 Å². The lowest BCUT2D eigenvalue weighted by Crippen LogP contribution is -2.15. The van der Waals surface area contributed by atoms with Crippen LogP contribution in [0.4, 0.5) is 11.4 Å². The third-order valence-corrected chi connectivity index (χ3v) is 5.79. The summed E-state index contributed by atoms with van der Waals surface area (Å²) in [5.41, 5.74) is 1.81. The summed E-state index contributed by atoms with van der Waals surface area (Å²) in [6, 6.07) is 12.2. The van der Waals surface area contributed by atoms with Crippen LogP contribution in [0.15, 0.2) is 47.6 Å². The van der Waals surface area contributed by atoms with E-state index in [-0.39, 0.29) is 17.3 Å². The molecule has 168 valence electrons. The quantitative estimate of drug-likeness (QED) is 0.268. The number of aryl methyl sites for hydroxylation is 1. The van der Waals surface area contributed by atoms with Crippen molar-refractivity contribution < 1.29 is 14.5 Å². The number of benzene rings is 2. The molecule has 0 saturated heterocycles. The van der Waals surface area contributed by atoms with Gasteiger partial charge in [0.1, 0.15) is 5.75 Å². The number of nitrogens with one attached hydrogen (secondary N) is 1. The maximum atomic E-state index is 12.5. The summed E-state index contributed by atoms with van der Waals surface area (Å²) < 4.78 is 7.23. The van der Waals surface area contributed by atoms with Crippen LogP contribution in [-0.4, -0.2) is 38.5 Å². The van der Waals surface area contributed by atoms with Crippen LogP contribution in [0.1, 0.15) is 25.3 Å². The molecule has 0 spiro atoms. The fourth-order valence-corrected chi connectivity index (χ4v) is 3.84. The van der Waals surface area contributed by atoms with E-state index in [0.717, 1.165) is 36.5 Å². The van der Waals surface area contributed by atoms with Crippen molar-refractivity contribution in [2.24, 2.45) is 0 Å². The molecule has 2 aromatic carbocycles. The average Bonchev–Trinajstić information content (AvgIpc) is 3.20. The van der Waals surface area contributed by atoms with Gasteiger partial charge in [-0.3, -0.25) is 14.9 Å². The molecule has 0 aliphatic carbocycles. The van der Waals surface area contributed by atoms with Gasteiger partial charge in [-0.2, -0.15) is 0 Å². The Bertz CT molecular complexity index is 1100. The number of thioether (sulfide) groups is 1. The molecule has 1 N–H and O–H groups in total. The van der Waals surface area contributed by atoms with Crippen LogP contribution in [0, 0.1) is 17.0 Å². The number of carbonyl (C=O) groups is 1. The highest BCUT2D eigenvalue weighted by Gasteiger charge is 2.17. The Balaban J connectivity index is 1.72. The van der Waals surface area contributed by atoms with E-state index >= 15 is 0 Å². The second kappa shape index (κ2) is 10.8. The number of nitro benzene ring substituents is 1. The van der Waals surface area contributed by atoms with Crippen molar-refractivity contribution in [3.63, 3.8) is 0 Å². The summed E-state index contributed by atoms with van der Waals surface area (Å²) in [4.78, 5) is 23.1. The van der Waals surface area contributed by atoms with Crippen LogP contribution < -0.4 is 10.1 Å². The van der Waals surface area contributed by atoms with E-state index < -0.39 is 4.92 Å². The number of unbranched alkanes of at least 4 members (excludes halogenated alkanes) is 1. The molecule has 0 fully saturated rings. The van der Waals surface area contributed by atoms with Crippen LogP contribution in [0.5, 0.6) is 5.75 Å². The highest BCUT2D eigenvalue weighted by atomic mass is 32.2. The number of rotatable bonds is 10. The van der Waals surface area contributed by atoms with Gasteiger partial charge >= 0.3 is 0 Å². The second-order valence-corrected chi connectivity index (χ2v) is 8.08. The van der Waals surface area contributed by atoms with Gasteiger partial charge in [0.15, 0.2) is 11.0 Å². The molecular formula is C22H25N5O4S. The summed E-state index contributed by atoms with van der Waals surface area (Å²) in [5, 5.41) is 23.1. The molecule has 0 saturated carbocycles. The number of carbonyl (C=O) groups excluding carboxylic acids is 1. The number of ether oxygens (including phenoxy) is 1. The lowest BCUT2D eigenvalue weighted by atomic mass is 10.2. The van der Waals surface area contributed by atoms with E-state index in [4.69, 9.17) is 4.74 Å². The van der Waals surface area contributed by atoms with Crippen LogP contribution in [-0.2, 0) is 11.3 Å². The number of hydrogen-bond donors (Lipinski definition) is 1. The first kappa shape index (κ1) is 23.3. The zero-order valence-electron chi connectivity index (χ0n) is 18.2. The summed E-state index contributed by atoms with van der Waals surface area (Å²) in [5.74, 6) is 1.33. The SMILES string of the molecule is CCCCn1c(SCC(=O)Nc2ccc(C)c([N+](=O)[O-])c2)nnc1-c1ccc(OC)cc1. The van der Waals surface area contributed by atoms with E-state index in [1.807, 2.05) is 28.8 Å². The molecule has 0 unspecified atom stereocenters. The van der Waals surface area contributed by atoms with Crippen molar-refractivity contribution in [1.82, 2.24) is 14.8 Å². The third kappa shape index (κ3) is 5.64. The van der Waals surface area contributed by atoms with Crippen molar-refractivity contribution >= 4 is 29.0 Å². The van der Waals surface area contributed by atoms with Gasteiger partial charge in [-0.1, -0.05) is 31.2 Å². The Labute approximate surface area is 190 Å². The molecule has 0 atom stereocenters. The monoisotopic (exact) mass is 455 g/mol. The molecule has 1 aromatic heterocycles. The van der Waals surface area contributed by atoms with E-state index in [1.54, 1.807) is 26.2 Å². The van der Waals surface area contributed by atoms with Gasteiger partial charge < -0.3 is 14.6 Å². The number of anilines is 1. The van der Waals surface area contributed by atoms with Gasteiger partial charge in [-0.15, -0.1) is 10.2 Å². The molecule has 0 radical (unpaired) electrons. The maximum Gasteiger partial charge on any atom is 0.274 e. The number of nitrogens with zero attached hydrogens (tertiary/aromatic N) is 4. The second-order valence-electron chi connectivity index (χ2n) is 7.14. The first-order valence-electron chi connectivity index (χ1n) is 10.2. The number of hydrogen-bond acceptors (Lipinski definition) is 7. The Kier molecular flexibility index (Phi) is 7.82. The van der Waals surface area contributed by atoms with Crippen molar-refractivity contribution in [3.8, 4) is 17.1 Å². The Morgan fingerprint density at radius 3 is 2.62 bits per heavy atom. The van der Waals surface area contributed by atoms with Gasteiger partial charge in [0.25, 0.3) is 5.69 Å². The summed E-state index contributed by atoms with van der Waals surface area (Å²) in [6.07, 6.45) is 1.96. The summed E-state index contributed by atoms with van der Waals surface area (Å²) in [6.45, 7) is 4.50. The van der Waals surface area contributed by atoms with Gasteiger partial charge in [0.2, 0.25) is 5.91 Å². The smallest absolute Gasteiger partial charge is 0.274 e. The van der Waals surface area contributed by atoms with Crippen LogP contribution in [0.25, 0.3) is 11.4 Å². The number of amides is 1. The molecule has 3 rings (SSSR count). The number of nitro groups is 1. The Hall–Kier alpha value is -3.40. The largest absolute Gasteiger partial charge is 0.497 e. The average molecular weight is 456 g/mol. The molecule has 0 aliphatic rings. The Morgan fingerprint density at radius 1 is 1.22 bits per heavy atom. The van der Waals surface area contributed by atoms with Gasteiger partial charge in [0, 0.05) is 29.4 Å². The third-order valence-electron chi connectivity index (χ3n) is 4.82. The van der Waals surface area contributed by atoms with E-state index in [0.29, 0.717) is 16.4 Å². The zero-order chi connectivity index (χ0) is 23.1. The minimum absolute atomic E-state index is 0.0288. The van der Waals surface area contributed by atoms with E-state index in [1.165, 1.54) is 17.8 Å². The molecule has 9 nitrogen and oxygen atoms in total. The first-order valence-corrected chi connectivity index (χ1v) is 11.2. The Morgan fingerprint density at radius 2 is 1.97 bits per heavy atom. The van der Waals surface area contributed by atoms with Gasteiger partial charge in [-0.05, 0) is 43.7 Å². The van der Waals surface area contributed by atoms with Crippen molar-refractivity contribution in [1.29, 1.82) is 0 Å². The van der Waals surface area contributed by atoms with Crippen LogP contribution in [0.3, 0.4) is 0 Å². The van der Waals surface area contributed by atoms with Crippen molar-refractivity contribution in [2.45, 2.75) is 38.4 Å². The predicted octanol–water partition coefficient (Wildman–Crippen LogP) is 4.70. The molecule has 32 heavy (non-hydrogen) atoms. The predicted molar refractivity (Wildman–Crippen MR) is 124 cm³/mol. The van der Waals surface area contributed by atoms with Crippen LogP contribution >= 0.6 is 11.8 Å². The van der Waals surface area contributed by atoms with Gasteiger partial charge in [0.05, 0.1) is 17.8 Å². The highest BCUT2D eigenvalue weighted by Crippen LogP contribution is 2.27. The molecule has 3 aromatic rings. The molecule has 10 heteroatoms. The standard InChI is InChI=1S/C22H25N5O4S/c1-4-5-12-26-21(16-7-10-18(31-3)11-8-16)24-25-22(26)32-14-20(28)23-17-9-6-15(2)19(13-17)27(29)30/h6-11,13H,4-5,12,14H2,1-3H3,(H,23,28). The summed E-state index contributed by atoms with van der Waals surface area (Å²) in [7, 11) is 1.62. The van der Waals surface area contributed by atoms with Crippen molar-refractivity contribution in [2.75, 3.05) is 18.2 Å². The normalized spacial score (nSPS) is 10.7. The lowest BCUT2D eigenvalue weighted by molar-refractivity contribution is -0.385. The fraction of sp³-hybridized carbons (Fsp3) is 0.318. The minimum atomic E-state index is -0.462. The number of aromatic nitrogens is 3. The molecular weight excluding hydrogens is 430 g/mol. The highest BCUT2D eigenvalue weighted by molar-refractivity contribution is 7.99. The lowest BCUT2D eigenvalue weighted by Gasteiger charge is -2.10. The molecule has 1 amide bonds. The van der Waals surface area contributed by atoms with Crippen molar-refractivity contribution in [3.05, 3.63) is 58.1 Å². The topological polar surface area (TPSA) is 112 Å².